The van der Waals surface area contributed by atoms with Gasteiger partial charge in [-0.3, -0.25) is 14.5 Å². The fraction of sp³-hybridized carbons (Fsp3) is 0.0714. The van der Waals surface area contributed by atoms with Crippen molar-refractivity contribution in [3.8, 4) is 11.5 Å². The third-order valence-corrected chi connectivity index (χ3v) is 7.91. The molecule has 186 valence electrons. The third-order valence-electron chi connectivity index (χ3n) is 5.77. The second-order valence-corrected chi connectivity index (χ2v) is 10.7. The van der Waals surface area contributed by atoms with E-state index in [1.807, 2.05) is 42.5 Å². The summed E-state index contributed by atoms with van der Waals surface area (Å²) in [7, 11) is -2.79. The van der Waals surface area contributed by atoms with Crippen molar-refractivity contribution in [2.24, 2.45) is 0 Å². The van der Waals surface area contributed by atoms with Gasteiger partial charge < -0.3 is 8.92 Å². The smallest absolute Gasteiger partial charge is 0.339 e. The molecule has 4 aromatic rings. The molecule has 0 spiro atoms. The monoisotopic (exact) mass is 531 g/mol. The first-order valence-electron chi connectivity index (χ1n) is 11.3. The first-order chi connectivity index (χ1) is 17.9. The molecular weight excluding hydrogens is 510 g/mol. The van der Waals surface area contributed by atoms with Gasteiger partial charge in [0.25, 0.3) is 11.1 Å². The van der Waals surface area contributed by atoms with Crippen LogP contribution in [-0.4, -0.2) is 31.6 Å². The van der Waals surface area contributed by atoms with Gasteiger partial charge in [0.2, 0.25) is 0 Å². The van der Waals surface area contributed by atoms with Crippen molar-refractivity contribution >= 4 is 49.9 Å². The Kier molecular flexibility index (Phi) is 6.73. The number of methoxy groups -OCH3 is 1. The number of carbonyl (C=O) groups excluding carboxylic acids is 2. The van der Waals surface area contributed by atoms with E-state index in [1.54, 1.807) is 36.4 Å². The lowest BCUT2D eigenvalue weighted by Gasteiger charge is -2.14. The summed E-state index contributed by atoms with van der Waals surface area (Å²) in [6.07, 6.45) is 1.45. The first-order valence-corrected chi connectivity index (χ1v) is 13.5. The number of carbonyl (C=O) groups is 2. The molecular formula is C28H21NO6S2. The number of nitrogens with zero attached hydrogens (tertiary/aromatic N) is 1. The number of thioether (sulfide) groups is 1. The van der Waals surface area contributed by atoms with Crippen molar-refractivity contribution < 1.29 is 26.9 Å². The zero-order chi connectivity index (χ0) is 26.0. The molecule has 0 saturated carbocycles. The standard InChI is InChI=1S/C28H21NO6S2/c1-34-24-13-7-10-22(26(24)35-37(32,33)23-11-3-2-4-12-23)17-25-27(30)29(28(31)36-25)18-19-14-15-20-8-5-6-9-21(20)16-19/h2-17H,18H2,1H3/b25-17-. The molecule has 9 heteroatoms. The Balaban J connectivity index is 1.45. The molecule has 1 saturated heterocycles. The van der Waals surface area contributed by atoms with E-state index in [9.17, 15) is 18.0 Å². The third kappa shape index (κ3) is 5.09. The minimum atomic E-state index is -4.17. The van der Waals surface area contributed by atoms with Crippen molar-refractivity contribution in [3.63, 3.8) is 0 Å². The molecule has 0 N–H and O–H groups in total. The molecule has 0 bridgehead atoms. The number of hydrogen-bond acceptors (Lipinski definition) is 7. The van der Waals surface area contributed by atoms with Crippen molar-refractivity contribution in [3.05, 3.63) is 107 Å². The van der Waals surface area contributed by atoms with Crippen LogP contribution in [0.1, 0.15) is 11.1 Å². The molecule has 5 rings (SSSR count). The summed E-state index contributed by atoms with van der Waals surface area (Å²) in [5, 5.41) is 1.67. The molecule has 0 aliphatic carbocycles. The quantitative estimate of drug-likeness (QED) is 0.218. The molecule has 1 fully saturated rings. The molecule has 0 radical (unpaired) electrons. The number of amides is 2. The lowest BCUT2D eigenvalue weighted by Crippen LogP contribution is -2.27. The normalized spacial score (nSPS) is 14.9. The average Bonchev–Trinajstić information content (AvgIpc) is 3.17. The predicted molar refractivity (Wildman–Crippen MR) is 143 cm³/mol. The van der Waals surface area contributed by atoms with Gasteiger partial charge in [-0.05, 0) is 58.4 Å². The van der Waals surface area contributed by atoms with E-state index in [0.29, 0.717) is 0 Å². The highest BCUT2D eigenvalue weighted by atomic mass is 32.2. The number of hydrogen-bond donors (Lipinski definition) is 0. The van der Waals surface area contributed by atoms with Crippen LogP contribution in [-0.2, 0) is 21.5 Å². The molecule has 0 atom stereocenters. The number of para-hydroxylation sites is 1. The van der Waals surface area contributed by atoms with Gasteiger partial charge in [-0.25, -0.2) is 0 Å². The zero-order valence-electron chi connectivity index (χ0n) is 19.7. The number of ether oxygens (including phenoxy) is 1. The summed E-state index contributed by atoms with van der Waals surface area (Å²) in [6.45, 7) is 0.122. The van der Waals surface area contributed by atoms with E-state index in [0.717, 1.165) is 28.1 Å². The summed E-state index contributed by atoms with van der Waals surface area (Å²) in [4.78, 5) is 27.2. The van der Waals surface area contributed by atoms with Gasteiger partial charge in [-0.1, -0.05) is 66.7 Å². The van der Waals surface area contributed by atoms with E-state index in [2.05, 4.69) is 0 Å². The van der Waals surface area contributed by atoms with Crippen LogP contribution >= 0.6 is 11.8 Å². The largest absolute Gasteiger partial charge is 0.493 e. The number of fused-ring (bicyclic) bond motifs is 1. The molecule has 37 heavy (non-hydrogen) atoms. The van der Waals surface area contributed by atoms with E-state index in [4.69, 9.17) is 8.92 Å². The van der Waals surface area contributed by atoms with Crippen LogP contribution < -0.4 is 8.92 Å². The van der Waals surface area contributed by atoms with Gasteiger partial charge in [0, 0.05) is 5.56 Å². The summed E-state index contributed by atoms with van der Waals surface area (Å²) in [5.74, 6) is -0.373. The number of rotatable bonds is 7. The Morgan fingerprint density at radius 3 is 2.35 bits per heavy atom. The Morgan fingerprint density at radius 2 is 1.59 bits per heavy atom. The van der Waals surface area contributed by atoms with Gasteiger partial charge in [-0.15, -0.1) is 0 Å². The SMILES string of the molecule is COc1cccc(/C=C2\SC(=O)N(Cc3ccc4ccccc4c3)C2=O)c1OS(=O)(=O)c1ccccc1. The van der Waals surface area contributed by atoms with E-state index in [1.165, 1.54) is 30.2 Å². The Hall–Kier alpha value is -4.08. The Labute approximate surface area is 218 Å². The second-order valence-electron chi connectivity index (χ2n) is 8.18. The summed E-state index contributed by atoms with van der Waals surface area (Å²) in [6, 6.07) is 26.1. The maximum absolute atomic E-state index is 13.2. The van der Waals surface area contributed by atoms with Crippen molar-refractivity contribution in [2.45, 2.75) is 11.4 Å². The minimum absolute atomic E-state index is 0.0254. The number of benzene rings is 4. The number of imide groups is 1. The van der Waals surface area contributed by atoms with Crippen molar-refractivity contribution in [1.29, 1.82) is 0 Å². The van der Waals surface area contributed by atoms with Crippen LogP contribution in [0.25, 0.3) is 16.8 Å². The van der Waals surface area contributed by atoms with Crippen molar-refractivity contribution in [1.82, 2.24) is 4.90 Å². The molecule has 4 aromatic carbocycles. The summed E-state index contributed by atoms with van der Waals surface area (Å²) in [5.41, 5.74) is 1.11. The topological polar surface area (TPSA) is 90.0 Å². The average molecular weight is 532 g/mol. The highest BCUT2D eigenvalue weighted by molar-refractivity contribution is 8.18. The molecule has 1 aliphatic heterocycles. The fourth-order valence-corrected chi connectivity index (χ4v) is 5.75. The Morgan fingerprint density at radius 1 is 0.865 bits per heavy atom. The lowest BCUT2D eigenvalue weighted by molar-refractivity contribution is -0.123. The molecule has 0 unspecified atom stereocenters. The van der Waals surface area contributed by atoms with Gasteiger partial charge in [-0.2, -0.15) is 8.42 Å². The van der Waals surface area contributed by atoms with Crippen LogP contribution in [0.3, 0.4) is 0 Å². The Bertz CT molecular complexity index is 1650. The van der Waals surface area contributed by atoms with E-state index < -0.39 is 21.3 Å². The van der Waals surface area contributed by atoms with Crippen LogP contribution in [0.15, 0.2) is 101 Å². The van der Waals surface area contributed by atoms with Gasteiger partial charge >= 0.3 is 10.1 Å². The highest BCUT2D eigenvalue weighted by Crippen LogP contribution is 2.39. The molecule has 2 amide bonds. The van der Waals surface area contributed by atoms with Gasteiger partial charge in [0.05, 0.1) is 18.6 Å². The van der Waals surface area contributed by atoms with Gasteiger partial charge in [0.15, 0.2) is 11.5 Å². The summed E-state index contributed by atoms with van der Waals surface area (Å²) >= 11 is 0.789. The lowest BCUT2D eigenvalue weighted by atomic mass is 10.1. The highest BCUT2D eigenvalue weighted by Gasteiger charge is 2.35. The second kappa shape index (κ2) is 10.1. The molecule has 1 aliphatic rings. The van der Waals surface area contributed by atoms with Crippen LogP contribution in [0.5, 0.6) is 11.5 Å². The van der Waals surface area contributed by atoms with Gasteiger partial charge in [0.1, 0.15) is 4.90 Å². The maximum Gasteiger partial charge on any atom is 0.339 e. The fourth-order valence-electron chi connectivity index (χ4n) is 3.94. The molecule has 0 aromatic heterocycles. The molecule has 1 heterocycles. The van der Waals surface area contributed by atoms with E-state index >= 15 is 0 Å². The minimum Gasteiger partial charge on any atom is -0.493 e. The van der Waals surface area contributed by atoms with Crippen LogP contribution in [0.4, 0.5) is 4.79 Å². The van der Waals surface area contributed by atoms with Crippen LogP contribution in [0, 0.1) is 0 Å². The zero-order valence-corrected chi connectivity index (χ0v) is 21.3. The predicted octanol–water partition coefficient (Wildman–Crippen LogP) is 5.85. The first kappa shape index (κ1) is 24.6. The maximum atomic E-state index is 13.2. The van der Waals surface area contributed by atoms with Crippen LogP contribution in [0.2, 0.25) is 0 Å². The molecule has 7 nitrogen and oxygen atoms in total. The van der Waals surface area contributed by atoms with E-state index in [-0.39, 0.29) is 33.4 Å². The van der Waals surface area contributed by atoms with Crippen molar-refractivity contribution in [2.75, 3.05) is 7.11 Å². The summed E-state index contributed by atoms with van der Waals surface area (Å²) < 4.78 is 36.6.